The molecule has 4 amide bonds. The van der Waals surface area contributed by atoms with E-state index in [2.05, 4.69) is 5.32 Å². The lowest BCUT2D eigenvalue weighted by molar-refractivity contribution is -0.384. The van der Waals surface area contributed by atoms with Crippen LogP contribution in [0, 0.1) is 27.9 Å². The molecule has 1 N–H and O–H groups in total. The van der Waals surface area contributed by atoms with Crippen molar-refractivity contribution in [3.05, 3.63) is 39.9 Å². The molecule has 0 aromatic heterocycles. The monoisotopic (exact) mass is 758 g/mol. The van der Waals surface area contributed by atoms with Gasteiger partial charge in [0, 0.05) is 53.5 Å². The van der Waals surface area contributed by atoms with Crippen LogP contribution >= 0.6 is 0 Å². The summed E-state index contributed by atoms with van der Waals surface area (Å²) in [6.07, 6.45) is 3.94. The summed E-state index contributed by atoms with van der Waals surface area (Å²) in [5.74, 6) is -1.36. The number of methoxy groups -OCH3 is 2. The highest BCUT2D eigenvalue weighted by molar-refractivity contribution is 5.93. The van der Waals surface area contributed by atoms with Crippen molar-refractivity contribution in [2.45, 2.75) is 122 Å². The molecule has 0 spiro atoms. The molecule has 0 radical (unpaired) electrons. The minimum Gasteiger partial charge on any atom is -0.379 e. The van der Waals surface area contributed by atoms with Gasteiger partial charge in [0.1, 0.15) is 6.04 Å². The number of likely N-dealkylation sites (tertiary alicyclic amines) is 1. The molecule has 0 bridgehead atoms. The second kappa shape index (κ2) is 19.8. The fourth-order valence-electron chi connectivity index (χ4n) is 8.28. The van der Waals surface area contributed by atoms with Crippen LogP contribution in [0.5, 0.6) is 0 Å². The zero-order valence-corrected chi connectivity index (χ0v) is 34.5. The predicted molar refractivity (Wildman–Crippen MR) is 208 cm³/mol. The van der Waals surface area contributed by atoms with Crippen LogP contribution < -0.4 is 5.32 Å². The SMILES string of the molecule is CC[C@H](C)[C@@H]([C@@H](CC(=O)N1CCC[C@H]1[C@H](OC)[C@@H](C)C(=O)N(C)CCc1cccc([N+](=O)[O-])c1)OC)N(C)C(=O)[C@@H](NC(=O)C1(N(C)C)CCC1)C(C)C. The maximum absolute atomic E-state index is 14.3. The molecule has 1 saturated carbocycles. The fourth-order valence-corrected chi connectivity index (χ4v) is 8.28. The molecular weight excluding hydrogens is 692 g/mol. The van der Waals surface area contributed by atoms with Crippen LogP contribution in [-0.4, -0.2) is 140 Å². The number of nitrogens with one attached hydrogen (secondary N) is 1. The normalized spacial score (nSPS) is 20.0. The molecule has 14 heteroatoms. The van der Waals surface area contributed by atoms with E-state index < -0.39 is 40.7 Å². The van der Waals surface area contributed by atoms with E-state index >= 15 is 0 Å². The highest BCUT2D eigenvalue weighted by atomic mass is 16.6. The first-order valence-electron chi connectivity index (χ1n) is 19.5. The van der Waals surface area contributed by atoms with Crippen molar-refractivity contribution in [3.63, 3.8) is 0 Å². The minimum atomic E-state index is -0.742. The van der Waals surface area contributed by atoms with E-state index in [0.717, 1.165) is 37.7 Å². The first-order chi connectivity index (χ1) is 25.4. The van der Waals surface area contributed by atoms with E-state index in [1.54, 1.807) is 55.1 Å². The van der Waals surface area contributed by atoms with E-state index in [1.165, 1.54) is 12.1 Å². The Hall–Kier alpha value is -3.62. The number of non-ortho nitro benzene ring substituents is 1. The van der Waals surface area contributed by atoms with E-state index in [-0.39, 0.29) is 53.6 Å². The Morgan fingerprint density at radius 1 is 1.02 bits per heavy atom. The average molecular weight is 759 g/mol. The van der Waals surface area contributed by atoms with Gasteiger partial charge in [-0.2, -0.15) is 0 Å². The third-order valence-electron chi connectivity index (χ3n) is 12.1. The second-order valence-electron chi connectivity index (χ2n) is 16.0. The van der Waals surface area contributed by atoms with Crippen molar-refractivity contribution in [2.75, 3.05) is 55.5 Å². The van der Waals surface area contributed by atoms with Gasteiger partial charge in [0.15, 0.2) is 0 Å². The molecule has 304 valence electrons. The number of rotatable bonds is 20. The lowest BCUT2D eigenvalue weighted by Crippen LogP contribution is -2.65. The van der Waals surface area contributed by atoms with Gasteiger partial charge in [-0.25, -0.2) is 0 Å². The molecule has 1 saturated heterocycles. The van der Waals surface area contributed by atoms with Crippen molar-refractivity contribution in [3.8, 4) is 0 Å². The smallest absolute Gasteiger partial charge is 0.269 e. The number of nitro groups is 1. The summed E-state index contributed by atoms with van der Waals surface area (Å²) in [5.41, 5.74) is 0.162. The molecule has 1 aliphatic carbocycles. The number of benzene rings is 1. The molecule has 1 aromatic rings. The molecule has 1 heterocycles. The van der Waals surface area contributed by atoms with Gasteiger partial charge < -0.3 is 29.5 Å². The first kappa shape index (κ1) is 44.8. The Morgan fingerprint density at radius 3 is 2.20 bits per heavy atom. The number of likely N-dealkylation sites (N-methyl/N-ethyl adjacent to an activating group) is 3. The van der Waals surface area contributed by atoms with Crippen LogP contribution in [0.1, 0.15) is 85.1 Å². The number of nitro benzene ring substituents is 1. The number of hydrogen-bond acceptors (Lipinski definition) is 9. The van der Waals surface area contributed by atoms with Crippen LogP contribution in [0.2, 0.25) is 0 Å². The van der Waals surface area contributed by atoms with Gasteiger partial charge in [-0.3, -0.25) is 34.2 Å². The van der Waals surface area contributed by atoms with Crippen molar-refractivity contribution in [1.82, 2.24) is 24.9 Å². The molecule has 1 aromatic carbocycles. The average Bonchev–Trinajstić information content (AvgIpc) is 3.60. The fraction of sp³-hybridized carbons (Fsp3) is 0.750. The molecule has 2 aliphatic rings. The lowest BCUT2D eigenvalue weighted by atomic mass is 9.74. The summed E-state index contributed by atoms with van der Waals surface area (Å²) < 4.78 is 12.0. The van der Waals surface area contributed by atoms with Gasteiger partial charge in [-0.05, 0) is 70.0 Å². The number of carbonyl (C=O) groups is 4. The van der Waals surface area contributed by atoms with E-state index in [4.69, 9.17) is 9.47 Å². The number of hydrogen-bond donors (Lipinski definition) is 1. The molecular formula is C40H66N6O8. The number of ether oxygens (including phenoxy) is 2. The van der Waals surface area contributed by atoms with Gasteiger partial charge in [0.2, 0.25) is 23.6 Å². The largest absolute Gasteiger partial charge is 0.379 e. The summed E-state index contributed by atoms with van der Waals surface area (Å²) in [4.78, 5) is 73.5. The van der Waals surface area contributed by atoms with Crippen LogP contribution in [0.4, 0.5) is 5.69 Å². The number of nitrogens with zero attached hydrogens (tertiary/aromatic N) is 5. The second-order valence-corrected chi connectivity index (χ2v) is 16.0. The Labute approximate surface area is 322 Å². The Kier molecular flexibility index (Phi) is 16.4. The quantitative estimate of drug-likeness (QED) is 0.153. The highest BCUT2D eigenvalue weighted by Crippen LogP contribution is 2.37. The third kappa shape index (κ3) is 10.2. The summed E-state index contributed by atoms with van der Waals surface area (Å²) in [6.45, 7) is 10.6. The van der Waals surface area contributed by atoms with Crippen molar-refractivity contribution in [1.29, 1.82) is 0 Å². The summed E-state index contributed by atoms with van der Waals surface area (Å²) in [5, 5.41) is 14.3. The zero-order valence-electron chi connectivity index (χ0n) is 34.5. The van der Waals surface area contributed by atoms with Crippen LogP contribution in [0.15, 0.2) is 24.3 Å². The zero-order chi connectivity index (χ0) is 40.5. The molecule has 1 aliphatic heterocycles. The highest BCUT2D eigenvalue weighted by Gasteiger charge is 2.48. The lowest BCUT2D eigenvalue weighted by Gasteiger charge is -2.46. The van der Waals surface area contributed by atoms with Crippen molar-refractivity contribution < 1.29 is 33.6 Å². The summed E-state index contributed by atoms with van der Waals surface area (Å²) in [6, 6.07) is 4.88. The summed E-state index contributed by atoms with van der Waals surface area (Å²) >= 11 is 0. The molecule has 54 heavy (non-hydrogen) atoms. The van der Waals surface area contributed by atoms with Crippen molar-refractivity contribution >= 4 is 29.3 Å². The van der Waals surface area contributed by atoms with E-state index in [1.807, 2.05) is 53.6 Å². The maximum atomic E-state index is 14.3. The Balaban J connectivity index is 1.74. The van der Waals surface area contributed by atoms with Gasteiger partial charge in [-0.1, -0.05) is 53.2 Å². The van der Waals surface area contributed by atoms with E-state index in [0.29, 0.717) is 25.9 Å². The van der Waals surface area contributed by atoms with Gasteiger partial charge in [0.25, 0.3) is 5.69 Å². The standard InChI is InChI=1S/C40H66N6O8/c1-12-27(4)35(44(9)38(49)34(26(2)3)41-39(50)40(42(6)7)20-15-21-40)32(53-10)25-33(47)45-22-14-18-31(45)36(54-11)28(5)37(48)43(8)23-19-29-16-13-17-30(24-29)46(51)52/h13,16-17,24,26-28,31-32,34-36H,12,14-15,18-23,25H2,1-11H3,(H,41,50)/t27-,28+,31-,32+,34-,35-,36+/m0/s1. The maximum Gasteiger partial charge on any atom is 0.269 e. The first-order valence-corrected chi connectivity index (χ1v) is 19.5. The Morgan fingerprint density at radius 2 is 1.69 bits per heavy atom. The molecule has 14 nitrogen and oxygen atoms in total. The van der Waals surface area contributed by atoms with Gasteiger partial charge in [0.05, 0.1) is 47.1 Å². The van der Waals surface area contributed by atoms with Crippen molar-refractivity contribution in [2.24, 2.45) is 17.8 Å². The number of carbonyl (C=O) groups excluding carboxylic acids is 4. The molecule has 0 unspecified atom stereocenters. The predicted octanol–water partition coefficient (Wildman–Crippen LogP) is 4.14. The minimum absolute atomic E-state index is 0.00951. The van der Waals surface area contributed by atoms with Gasteiger partial charge in [-0.15, -0.1) is 0 Å². The third-order valence-corrected chi connectivity index (χ3v) is 12.1. The van der Waals surface area contributed by atoms with E-state index in [9.17, 15) is 29.3 Å². The Bertz CT molecular complexity index is 1450. The van der Waals surface area contributed by atoms with Crippen LogP contribution in [-0.2, 0) is 35.1 Å². The van der Waals surface area contributed by atoms with Crippen LogP contribution in [0.3, 0.4) is 0 Å². The molecule has 2 fully saturated rings. The number of amides is 4. The molecule has 3 rings (SSSR count). The molecule has 7 atom stereocenters. The topological polar surface area (TPSA) is 155 Å². The van der Waals surface area contributed by atoms with Crippen LogP contribution in [0.25, 0.3) is 0 Å². The summed E-state index contributed by atoms with van der Waals surface area (Å²) in [7, 11) is 10.4. The van der Waals surface area contributed by atoms with Gasteiger partial charge >= 0.3 is 0 Å².